The van der Waals surface area contributed by atoms with E-state index in [2.05, 4.69) is 129 Å². The van der Waals surface area contributed by atoms with Crippen molar-refractivity contribution in [3.8, 4) is 0 Å². The average molecular weight is 515 g/mol. The van der Waals surface area contributed by atoms with Crippen molar-refractivity contribution < 1.29 is 0 Å². The Hall–Kier alpha value is -2.97. The van der Waals surface area contributed by atoms with Crippen LogP contribution in [-0.2, 0) is 0 Å². The Morgan fingerprint density at radius 1 is 0.657 bits per heavy atom. The van der Waals surface area contributed by atoms with Gasteiger partial charge in [0.25, 0.3) is 0 Å². The highest BCUT2D eigenvalue weighted by Gasteiger charge is 2.29. The Morgan fingerprint density at radius 2 is 1.06 bits per heavy atom. The van der Waals surface area contributed by atoms with Crippen LogP contribution in [0.1, 0.15) is 0 Å². The number of para-hydroxylation sites is 4. The third-order valence-electron chi connectivity index (χ3n) is 5.60. The number of anilines is 4. The molecule has 1 heterocycles. The summed E-state index contributed by atoms with van der Waals surface area (Å²) >= 11 is 9.31. The van der Waals surface area contributed by atoms with Gasteiger partial charge in [-0.05, 0) is 48.5 Å². The van der Waals surface area contributed by atoms with Crippen molar-refractivity contribution in [2.75, 3.05) is 22.3 Å². The van der Waals surface area contributed by atoms with Crippen LogP contribution >= 0.6 is 35.7 Å². The molecule has 0 aliphatic carbocycles. The molecule has 0 spiro atoms. The van der Waals surface area contributed by atoms with E-state index in [0.29, 0.717) is 6.67 Å². The molecule has 4 nitrogen and oxygen atoms in total. The zero-order valence-corrected chi connectivity index (χ0v) is 21.6. The lowest BCUT2D eigenvalue weighted by molar-refractivity contribution is 0.353. The number of benzene rings is 4. The molecule has 0 radical (unpaired) electrons. The van der Waals surface area contributed by atoms with Crippen molar-refractivity contribution in [1.29, 1.82) is 0 Å². The Kier molecular flexibility index (Phi) is 7.90. The van der Waals surface area contributed by atoms with Crippen molar-refractivity contribution in [2.45, 2.75) is 4.71 Å². The number of hydrogen-bond donors (Lipinski definition) is 1. The Balaban J connectivity index is 1.28. The number of rotatable bonds is 9. The summed E-state index contributed by atoms with van der Waals surface area (Å²) in [5.41, 5.74) is 8.22. The third-order valence-corrected chi connectivity index (χ3v) is 8.36. The lowest BCUT2D eigenvalue weighted by Gasteiger charge is -2.30. The van der Waals surface area contributed by atoms with Crippen LogP contribution in [-0.4, -0.2) is 26.6 Å². The number of nitrogens with zero attached hydrogens (tertiary/aromatic N) is 3. The summed E-state index contributed by atoms with van der Waals surface area (Å²) in [6.07, 6.45) is 0. The highest BCUT2D eigenvalue weighted by Crippen LogP contribution is 2.35. The molecule has 176 valence electrons. The predicted octanol–water partition coefficient (Wildman–Crippen LogP) is 7.43. The third kappa shape index (κ3) is 6.00. The van der Waals surface area contributed by atoms with Crippen LogP contribution in [0.15, 0.2) is 121 Å². The predicted molar refractivity (Wildman–Crippen MR) is 156 cm³/mol. The maximum atomic E-state index is 5.78. The van der Waals surface area contributed by atoms with Crippen molar-refractivity contribution >= 4 is 62.8 Å². The molecule has 7 heteroatoms. The highest BCUT2D eigenvalue weighted by atomic mass is 32.2. The molecule has 0 aromatic heterocycles. The van der Waals surface area contributed by atoms with E-state index in [0.717, 1.165) is 21.6 Å². The molecule has 1 atom stereocenters. The second-order valence-corrected chi connectivity index (χ2v) is 11.0. The topological polar surface area (TPSA) is 21.8 Å². The minimum atomic E-state index is 0.130. The molecule has 1 aliphatic heterocycles. The maximum Gasteiger partial charge on any atom is 0.154 e. The molecule has 1 N–H and O–H groups in total. The number of nitrogens with one attached hydrogen (secondary N) is 1. The normalized spacial score (nSPS) is 15.3. The first-order chi connectivity index (χ1) is 17.3. The monoisotopic (exact) mass is 514 g/mol. The van der Waals surface area contributed by atoms with Gasteiger partial charge in [-0.1, -0.05) is 96.8 Å². The van der Waals surface area contributed by atoms with E-state index < -0.39 is 0 Å². The van der Waals surface area contributed by atoms with E-state index in [4.69, 9.17) is 12.2 Å². The molecule has 1 saturated heterocycles. The van der Waals surface area contributed by atoms with Gasteiger partial charge < -0.3 is 9.80 Å². The van der Waals surface area contributed by atoms with E-state index in [9.17, 15) is 0 Å². The molecule has 1 unspecified atom stereocenters. The summed E-state index contributed by atoms with van der Waals surface area (Å²) in [6.45, 7) is 0.623. The molecule has 0 saturated carbocycles. The van der Waals surface area contributed by atoms with Crippen molar-refractivity contribution in [3.05, 3.63) is 121 Å². The second-order valence-electron chi connectivity index (χ2n) is 7.91. The van der Waals surface area contributed by atoms with E-state index >= 15 is 0 Å². The minimum Gasteiger partial charge on any atom is -0.332 e. The summed E-state index contributed by atoms with van der Waals surface area (Å²) in [5.74, 6) is 0.802. The molecular formula is C28H26N4S3. The van der Waals surface area contributed by atoms with Crippen LogP contribution in [0.5, 0.6) is 0 Å². The Bertz CT molecular complexity index is 1130. The van der Waals surface area contributed by atoms with Crippen LogP contribution in [0.2, 0.25) is 0 Å². The first kappa shape index (κ1) is 23.8. The van der Waals surface area contributed by atoms with Gasteiger partial charge in [-0.25, -0.2) is 5.43 Å². The zero-order chi connectivity index (χ0) is 23.9. The van der Waals surface area contributed by atoms with Gasteiger partial charge >= 0.3 is 0 Å². The van der Waals surface area contributed by atoms with Crippen LogP contribution in [0.4, 0.5) is 22.7 Å². The summed E-state index contributed by atoms with van der Waals surface area (Å²) in [7, 11) is 0. The van der Waals surface area contributed by atoms with Gasteiger partial charge in [0.05, 0.1) is 5.88 Å². The van der Waals surface area contributed by atoms with E-state index in [-0.39, 0.29) is 4.71 Å². The highest BCUT2D eigenvalue weighted by molar-refractivity contribution is 8.30. The van der Waals surface area contributed by atoms with E-state index in [1.54, 1.807) is 11.8 Å². The quantitative estimate of drug-likeness (QED) is 0.183. The minimum absolute atomic E-state index is 0.130. The van der Waals surface area contributed by atoms with Gasteiger partial charge in [0.1, 0.15) is 11.4 Å². The molecule has 0 bridgehead atoms. The summed E-state index contributed by atoms with van der Waals surface area (Å²) in [5, 5.41) is 2.08. The average Bonchev–Trinajstić information content (AvgIpc) is 3.28. The lowest BCUT2D eigenvalue weighted by atomic mass is 10.2. The van der Waals surface area contributed by atoms with Gasteiger partial charge in [0.15, 0.2) is 4.32 Å². The fourth-order valence-electron chi connectivity index (χ4n) is 3.86. The summed E-state index contributed by atoms with van der Waals surface area (Å²) < 4.78 is 0.983. The van der Waals surface area contributed by atoms with Crippen LogP contribution in [0.3, 0.4) is 0 Å². The standard InChI is InChI=1S/C28H26N4S3/c33-28-32(21-30(23-13-5-1-6-14-23)24-15-7-2-8-16-24)29-27(35-28)34-22-31(25-17-9-3-10-18-25)26-19-11-4-12-20-26/h1-20,27,29H,21-22H2. The largest absolute Gasteiger partial charge is 0.332 e. The van der Waals surface area contributed by atoms with Gasteiger partial charge in [0, 0.05) is 22.7 Å². The molecule has 35 heavy (non-hydrogen) atoms. The van der Waals surface area contributed by atoms with Gasteiger partial charge in [-0.3, -0.25) is 5.01 Å². The van der Waals surface area contributed by atoms with Crippen molar-refractivity contribution in [1.82, 2.24) is 10.4 Å². The first-order valence-corrected chi connectivity index (χ1v) is 13.7. The van der Waals surface area contributed by atoms with Crippen LogP contribution in [0.25, 0.3) is 0 Å². The van der Waals surface area contributed by atoms with Gasteiger partial charge in [0.2, 0.25) is 0 Å². The molecule has 4 aromatic carbocycles. The Morgan fingerprint density at radius 3 is 1.49 bits per heavy atom. The second kappa shape index (κ2) is 11.6. The first-order valence-electron chi connectivity index (χ1n) is 11.4. The molecule has 1 fully saturated rings. The van der Waals surface area contributed by atoms with Crippen molar-refractivity contribution in [3.63, 3.8) is 0 Å². The van der Waals surface area contributed by atoms with Gasteiger partial charge in [-0.2, -0.15) is 0 Å². The lowest BCUT2D eigenvalue weighted by Crippen LogP contribution is -2.43. The molecule has 4 aromatic rings. The SMILES string of the molecule is S=C1SC(SCN(c2ccccc2)c2ccccc2)NN1CN(c1ccccc1)c1ccccc1. The summed E-state index contributed by atoms with van der Waals surface area (Å²) in [6, 6.07) is 41.9. The number of hydrazine groups is 1. The maximum absolute atomic E-state index is 5.78. The van der Waals surface area contributed by atoms with Crippen molar-refractivity contribution in [2.24, 2.45) is 0 Å². The smallest absolute Gasteiger partial charge is 0.154 e. The number of thiocarbonyl (C=S) groups is 1. The number of thioether (sulfide) groups is 2. The number of hydrogen-bond acceptors (Lipinski definition) is 6. The molecule has 5 rings (SSSR count). The zero-order valence-electron chi connectivity index (χ0n) is 19.1. The van der Waals surface area contributed by atoms with E-state index in [1.807, 2.05) is 23.9 Å². The molecule has 0 amide bonds. The fourth-order valence-corrected chi connectivity index (χ4v) is 6.55. The van der Waals surface area contributed by atoms with Gasteiger partial charge in [-0.15, -0.1) is 11.8 Å². The molecular weight excluding hydrogens is 489 g/mol. The fraction of sp³-hybridized carbons (Fsp3) is 0.107. The Labute approximate surface area is 220 Å². The summed E-state index contributed by atoms with van der Waals surface area (Å²) in [4.78, 5) is 4.60. The molecule has 1 aliphatic rings. The van der Waals surface area contributed by atoms with E-state index in [1.165, 1.54) is 11.4 Å². The van der Waals surface area contributed by atoms with Crippen LogP contribution in [0, 0.1) is 0 Å². The van der Waals surface area contributed by atoms with Crippen LogP contribution < -0.4 is 15.2 Å².